The van der Waals surface area contributed by atoms with Crippen LogP contribution in [0.25, 0.3) is 0 Å². The van der Waals surface area contributed by atoms with Crippen LogP contribution in [0.5, 0.6) is 5.75 Å². The van der Waals surface area contributed by atoms with Gasteiger partial charge in [-0.05, 0) is 40.0 Å². The Balaban J connectivity index is 2.21. The molecular formula is C13H14BrFN2OS. The Bertz CT molecular complexity index is 561. The van der Waals surface area contributed by atoms with E-state index in [1.54, 1.807) is 24.5 Å². The Morgan fingerprint density at radius 3 is 2.95 bits per heavy atom. The van der Waals surface area contributed by atoms with Crippen molar-refractivity contribution < 1.29 is 9.13 Å². The van der Waals surface area contributed by atoms with Crippen LogP contribution in [-0.2, 0) is 6.42 Å². The van der Waals surface area contributed by atoms with Crippen LogP contribution in [0.2, 0.25) is 0 Å². The van der Waals surface area contributed by atoms with Crippen molar-refractivity contribution in [2.75, 3.05) is 7.11 Å². The molecule has 3 N–H and O–H groups in total. The predicted octanol–water partition coefficient (Wildman–Crippen LogP) is 3.41. The minimum absolute atomic E-state index is 0.0769. The van der Waals surface area contributed by atoms with Gasteiger partial charge in [0.05, 0.1) is 17.6 Å². The highest BCUT2D eigenvalue weighted by Gasteiger charge is 2.16. The first-order valence-corrected chi connectivity index (χ1v) is 7.34. The summed E-state index contributed by atoms with van der Waals surface area (Å²) in [6.45, 7) is 0. The predicted molar refractivity (Wildman–Crippen MR) is 78.7 cm³/mol. The van der Waals surface area contributed by atoms with Crippen molar-refractivity contribution in [2.24, 2.45) is 5.84 Å². The van der Waals surface area contributed by atoms with Gasteiger partial charge in [-0.3, -0.25) is 11.3 Å². The lowest BCUT2D eigenvalue weighted by Crippen LogP contribution is -2.29. The fourth-order valence-corrected chi connectivity index (χ4v) is 3.13. The molecule has 0 radical (unpaired) electrons. The molecule has 19 heavy (non-hydrogen) atoms. The van der Waals surface area contributed by atoms with Crippen LogP contribution in [0, 0.1) is 5.82 Å². The highest BCUT2D eigenvalue weighted by atomic mass is 79.9. The number of halogens is 2. The Hall–Kier alpha value is -0.950. The lowest BCUT2D eigenvalue weighted by molar-refractivity contribution is 0.415. The van der Waals surface area contributed by atoms with E-state index in [-0.39, 0.29) is 11.9 Å². The molecule has 0 aliphatic heterocycles. The van der Waals surface area contributed by atoms with Gasteiger partial charge < -0.3 is 4.74 Å². The maximum Gasteiger partial charge on any atom is 0.137 e. The number of benzene rings is 1. The summed E-state index contributed by atoms with van der Waals surface area (Å²) in [5.74, 6) is 6.14. The van der Waals surface area contributed by atoms with Crippen LogP contribution in [0.15, 0.2) is 34.1 Å². The van der Waals surface area contributed by atoms with Gasteiger partial charge in [-0.2, -0.15) is 0 Å². The van der Waals surface area contributed by atoms with Gasteiger partial charge in [0.2, 0.25) is 0 Å². The van der Waals surface area contributed by atoms with Crippen LogP contribution in [0.3, 0.4) is 0 Å². The van der Waals surface area contributed by atoms with E-state index in [1.165, 1.54) is 6.07 Å². The summed E-state index contributed by atoms with van der Waals surface area (Å²) in [5, 5.41) is 1.92. The lowest BCUT2D eigenvalue weighted by atomic mass is 10.1. The molecule has 1 heterocycles. The van der Waals surface area contributed by atoms with E-state index in [2.05, 4.69) is 21.4 Å². The van der Waals surface area contributed by atoms with Crippen LogP contribution in [-0.4, -0.2) is 7.11 Å². The van der Waals surface area contributed by atoms with Crippen molar-refractivity contribution >= 4 is 27.3 Å². The first-order valence-electron chi connectivity index (χ1n) is 5.67. The van der Waals surface area contributed by atoms with Gasteiger partial charge in [-0.1, -0.05) is 12.1 Å². The van der Waals surface area contributed by atoms with Gasteiger partial charge in [0.25, 0.3) is 0 Å². The zero-order valence-electron chi connectivity index (χ0n) is 10.3. The molecule has 0 amide bonds. The van der Waals surface area contributed by atoms with Crippen LogP contribution < -0.4 is 16.0 Å². The summed E-state index contributed by atoms with van der Waals surface area (Å²) in [5.41, 5.74) is 3.63. The molecule has 6 heteroatoms. The van der Waals surface area contributed by atoms with E-state index >= 15 is 0 Å². The average molecular weight is 345 g/mol. The van der Waals surface area contributed by atoms with Crippen LogP contribution in [0.1, 0.15) is 16.5 Å². The number of nitrogens with one attached hydrogen (secondary N) is 1. The Labute approximate surface area is 123 Å². The second-order valence-electron chi connectivity index (χ2n) is 4.03. The zero-order chi connectivity index (χ0) is 13.8. The van der Waals surface area contributed by atoms with Crippen molar-refractivity contribution in [3.05, 3.63) is 50.4 Å². The second-order valence-corrected chi connectivity index (χ2v) is 5.76. The number of hydrogen-bond donors (Lipinski definition) is 2. The van der Waals surface area contributed by atoms with Gasteiger partial charge in [0.15, 0.2) is 0 Å². The Morgan fingerprint density at radius 2 is 2.32 bits per heavy atom. The summed E-state index contributed by atoms with van der Waals surface area (Å²) in [6.07, 6.45) is 0.596. The highest BCUT2D eigenvalue weighted by molar-refractivity contribution is 9.10. The van der Waals surface area contributed by atoms with Gasteiger partial charge in [0.1, 0.15) is 11.6 Å². The van der Waals surface area contributed by atoms with Crippen molar-refractivity contribution in [3.63, 3.8) is 0 Å². The van der Waals surface area contributed by atoms with Crippen LogP contribution >= 0.6 is 27.3 Å². The maximum atomic E-state index is 13.5. The molecular weight excluding hydrogens is 331 g/mol. The molecule has 102 valence electrons. The monoisotopic (exact) mass is 344 g/mol. The molecule has 0 saturated carbocycles. The summed E-state index contributed by atoms with van der Waals surface area (Å²) in [6, 6.07) is 6.85. The van der Waals surface area contributed by atoms with Crippen LogP contribution in [0.4, 0.5) is 4.39 Å². The third-order valence-corrected chi connectivity index (χ3v) is 4.74. The molecule has 0 saturated heterocycles. The standard InChI is InChI=1S/C13H14BrFN2OS/c1-18-9-6-12(19-7-9)11(17-16)5-8-3-2-4-10(15)13(8)14/h2-4,6-7,11,17H,5,16H2,1H3. The number of hydrogen-bond acceptors (Lipinski definition) is 4. The minimum atomic E-state index is -0.267. The first kappa shape index (κ1) is 14.5. The molecule has 0 fully saturated rings. The normalized spacial score (nSPS) is 12.4. The summed E-state index contributed by atoms with van der Waals surface area (Å²) >= 11 is 4.82. The minimum Gasteiger partial charge on any atom is -0.496 e. The van der Waals surface area contributed by atoms with E-state index < -0.39 is 0 Å². The number of ether oxygens (including phenoxy) is 1. The first-order chi connectivity index (χ1) is 9.15. The highest BCUT2D eigenvalue weighted by Crippen LogP contribution is 2.31. The Kier molecular flexibility index (Phi) is 4.93. The molecule has 3 nitrogen and oxygen atoms in total. The smallest absolute Gasteiger partial charge is 0.137 e. The van der Waals surface area contributed by atoms with Crippen molar-refractivity contribution in [1.82, 2.24) is 5.43 Å². The third kappa shape index (κ3) is 3.33. The molecule has 1 aromatic heterocycles. The van der Waals surface area contributed by atoms with E-state index in [1.807, 2.05) is 17.5 Å². The summed E-state index contributed by atoms with van der Waals surface area (Å²) in [4.78, 5) is 1.05. The number of hydrazine groups is 1. The van der Waals surface area contributed by atoms with Gasteiger partial charge >= 0.3 is 0 Å². The molecule has 0 bridgehead atoms. The summed E-state index contributed by atoms with van der Waals surface area (Å²) in [7, 11) is 1.62. The quantitative estimate of drug-likeness (QED) is 0.645. The molecule has 0 aliphatic rings. The number of rotatable bonds is 5. The molecule has 1 atom stereocenters. The SMILES string of the molecule is COc1csc(C(Cc2cccc(F)c2Br)NN)c1. The molecule has 1 unspecified atom stereocenters. The van der Waals surface area contributed by atoms with Gasteiger partial charge in [-0.25, -0.2) is 4.39 Å². The van der Waals surface area contributed by atoms with E-state index in [4.69, 9.17) is 10.6 Å². The summed E-state index contributed by atoms with van der Waals surface area (Å²) < 4.78 is 19.1. The lowest BCUT2D eigenvalue weighted by Gasteiger charge is -2.15. The zero-order valence-corrected chi connectivity index (χ0v) is 12.7. The molecule has 0 spiro atoms. The molecule has 2 aromatic rings. The number of methoxy groups -OCH3 is 1. The van der Waals surface area contributed by atoms with Crippen molar-refractivity contribution in [2.45, 2.75) is 12.5 Å². The molecule has 0 aliphatic carbocycles. The maximum absolute atomic E-state index is 13.5. The van der Waals surface area contributed by atoms with E-state index in [9.17, 15) is 4.39 Å². The molecule has 2 rings (SSSR count). The van der Waals surface area contributed by atoms with Crippen molar-refractivity contribution in [1.29, 1.82) is 0 Å². The fraction of sp³-hybridized carbons (Fsp3) is 0.231. The van der Waals surface area contributed by atoms with Gasteiger partial charge in [0, 0.05) is 10.3 Å². The second kappa shape index (κ2) is 6.47. The number of thiophene rings is 1. The van der Waals surface area contributed by atoms with Gasteiger partial charge in [-0.15, -0.1) is 11.3 Å². The topological polar surface area (TPSA) is 47.3 Å². The third-order valence-electron chi connectivity index (χ3n) is 2.83. The van der Waals surface area contributed by atoms with E-state index in [0.29, 0.717) is 10.9 Å². The fourth-order valence-electron chi connectivity index (χ4n) is 1.79. The Morgan fingerprint density at radius 1 is 1.53 bits per heavy atom. The average Bonchev–Trinajstić information content (AvgIpc) is 2.89. The largest absolute Gasteiger partial charge is 0.496 e. The number of nitrogens with two attached hydrogens (primary N) is 1. The molecule has 1 aromatic carbocycles. The van der Waals surface area contributed by atoms with Crippen molar-refractivity contribution in [3.8, 4) is 5.75 Å². The van der Waals surface area contributed by atoms with E-state index in [0.717, 1.165) is 16.2 Å².